The van der Waals surface area contributed by atoms with Crippen LogP contribution in [-0.2, 0) is 11.2 Å². The zero-order valence-electron chi connectivity index (χ0n) is 18.1. The van der Waals surface area contributed by atoms with E-state index in [2.05, 4.69) is 31.9 Å². The number of ether oxygens (including phenoxy) is 1. The predicted octanol–water partition coefficient (Wildman–Crippen LogP) is 2.55. The number of hydrogen-bond donors (Lipinski definition) is 3. The lowest BCUT2D eigenvalue weighted by Gasteiger charge is -2.17. The molecule has 1 unspecified atom stereocenters. The summed E-state index contributed by atoms with van der Waals surface area (Å²) in [7, 11) is 1.33. The molecule has 0 radical (unpaired) electrons. The van der Waals surface area contributed by atoms with Crippen LogP contribution in [-0.4, -0.2) is 47.9 Å². The van der Waals surface area contributed by atoms with E-state index in [4.69, 9.17) is 0 Å². The summed E-state index contributed by atoms with van der Waals surface area (Å²) in [5.41, 5.74) is 2.65. The standard InChI is InChI=1S/C25H24FN3O4/c1-33-25(32)20-10-8-18(9-11-20)3-2-17-4-6-19(7-5-17)14-21(15-27-13-12-26)22-23(30)24(31)29-16-28-22/h4-11,16,21,27,30H,12-15H2,1H3,(H,28,29,31). The normalized spacial score (nSPS) is 11.3. The van der Waals surface area contributed by atoms with E-state index in [0.717, 1.165) is 16.7 Å². The van der Waals surface area contributed by atoms with Gasteiger partial charge in [-0.05, 0) is 48.4 Å². The first-order valence-electron chi connectivity index (χ1n) is 10.3. The molecule has 33 heavy (non-hydrogen) atoms. The number of alkyl halides is 1. The molecule has 7 nitrogen and oxygen atoms in total. The molecule has 0 fully saturated rings. The number of aromatic hydroxyl groups is 1. The van der Waals surface area contributed by atoms with Crippen molar-refractivity contribution >= 4 is 5.97 Å². The first-order valence-corrected chi connectivity index (χ1v) is 10.3. The predicted molar refractivity (Wildman–Crippen MR) is 122 cm³/mol. The van der Waals surface area contributed by atoms with Crippen molar-refractivity contribution in [3.63, 3.8) is 0 Å². The maximum absolute atomic E-state index is 12.5. The monoisotopic (exact) mass is 449 g/mol. The quantitative estimate of drug-likeness (QED) is 0.277. The molecule has 0 saturated heterocycles. The maximum Gasteiger partial charge on any atom is 0.337 e. The lowest BCUT2D eigenvalue weighted by atomic mass is 9.94. The summed E-state index contributed by atoms with van der Waals surface area (Å²) in [5.74, 6) is 4.99. The third kappa shape index (κ3) is 6.51. The summed E-state index contributed by atoms with van der Waals surface area (Å²) in [6.07, 6.45) is 1.74. The Morgan fingerprint density at radius 3 is 2.39 bits per heavy atom. The Morgan fingerprint density at radius 1 is 1.15 bits per heavy atom. The van der Waals surface area contributed by atoms with Gasteiger partial charge in [0.25, 0.3) is 5.56 Å². The molecule has 1 atom stereocenters. The Kier molecular flexibility index (Phi) is 8.33. The Hall–Kier alpha value is -3.96. The second-order valence-corrected chi connectivity index (χ2v) is 7.28. The molecule has 1 heterocycles. The van der Waals surface area contributed by atoms with Crippen molar-refractivity contribution in [1.29, 1.82) is 0 Å². The van der Waals surface area contributed by atoms with Crippen LogP contribution in [0, 0.1) is 11.8 Å². The Balaban J connectivity index is 1.72. The van der Waals surface area contributed by atoms with E-state index in [9.17, 15) is 19.1 Å². The molecule has 0 aliphatic heterocycles. The van der Waals surface area contributed by atoms with Crippen LogP contribution in [0.2, 0.25) is 0 Å². The first kappa shape index (κ1) is 23.7. The lowest BCUT2D eigenvalue weighted by Crippen LogP contribution is -2.26. The molecule has 2 aromatic carbocycles. The molecule has 8 heteroatoms. The number of benzene rings is 2. The van der Waals surface area contributed by atoms with Gasteiger partial charge in [0, 0.05) is 30.1 Å². The number of aromatic amines is 1. The van der Waals surface area contributed by atoms with E-state index in [1.807, 2.05) is 24.3 Å². The Morgan fingerprint density at radius 2 is 1.79 bits per heavy atom. The van der Waals surface area contributed by atoms with Gasteiger partial charge >= 0.3 is 5.97 Å². The topological polar surface area (TPSA) is 104 Å². The zero-order chi connectivity index (χ0) is 23.6. The number of carbonyl (C=O) groups excluding carboxylic acids is 1. The summed E-state index contributed by atoms with van der Waals surface area (Å²) in [6, 6.07) is 14.4. The van der Waals surface area contributed by atoms with Crippen molar-refractivity contribution in [2.45, 2.75) is 12.3 Å². The van der Waals surface area contributed by atoms with Crippen LogP contribution in [0.25, 0.3) is 0 Å². The molecule has 3 N–H and O–H groups in total. The van der Waals surface area contributed by atoms with Crippen molar-refractivity contribution in [3.05, 3.63) is 93.2 Å². The molecule has 0 bridgehead atoms. The van der Waals surface area contributed by atoms with Gasteiger partial charge in [-0.3, -0.25) is 4.79 Å². The molecular weight excluding hydrogens is 425 g/mol. The molecule has 0 spiro atoms. The highest BCUT2D eigenvalue weighted by Crippen LogP contribution is 2.23. The van der Waals surface area contributed by atoms with Crippen molar-refractivity contribution in [2.75, 3.05) is 26.9 Å². The van der Waals surface area contributed by atoms with E-state index in [1.165, 1.54) is 13.4 Å². The number of H-pyrrole nitrogens is 1. The molecule has 3 aromatic rings. The van der Waals surface area contributed by atoms with Crippen molar-refractivity contribution in [2.24, 2.45) is 0 Å². The van der Waals surface area contributed by atoms with Crippen LogP contribution in [0.5, 0.6) is 5.75 Å². The number of nitrogens with one attached hydrogen (secondary N) is 2. The third-order valence-electron chi connectivity index (χ3n) is 5.00. The van der Waals surface area contributed by atoms with Crippen LogP contribution in [0.4, 0.5) is 4.39 Å². The highest BCUT2D eigenvalue weighted by atomic mass is 19.1. The number of halogens is 1. The fourth-order valence-corrected chi connectivity index (χ4v) is 3.27. The smallest absolute Gasteiger partial charge is 0.337 e. The second kappa shape index (κ2) is 11.6. The second-order valence-electron chi connectivity index (χ2n) is 7.28. The van der Waals surface area contributed by atoms with Gasteiger partial charge in [-0.25, -0.2) is 14.2 Å². The van der Waals surface area contributed by atoms with Gasteiger partial charge in [-0.2, -0.15) is 0 Å². The minimum Gasteiger partial charge on any atom is -0.502 e. The molecular formula is C25H24FN3O4. The Bertz CT molecular complexity index is 1200. The molecule has 0 aliphatic carbocycles. The summed E-state index contributed by atoms with van der Waals surface area (Å²) in [5, 5.41) is 13.1. The molecule has 170 valence electrons. The first-order chi connectivity index (χ1) is 16.0. The van der Waals surface area contributed by atoms with Crippen molar-refractivity contribution in [1.82, 2.24) is 15.3 Å². The molecule has 3 rings (SSSR count). The summed E-state index contributed by atoms with van der Waals surface area (Å²) < 4.78 is 17.2. The van der Waals surface area contributed by atoms with E-state index >= 15 is 0 Å². The van der Waals surface area contributed by atoms with Crippen molar-refractivity contribution in [3.8, 4) is 17.6 Å². The number of methoxy groups -OCH3 is 1. The number of esters is 1. The van der Waals surface area contributed by atoms with Crippen LogP contribution in [0.1, 0.15) is 38.7 Å². The summed E-state index contributed by atoms with van der Waals surface area (Å²) in [4.78, 5) is 29.7. The van der Waals surface area contributed by atoms with Gasteiger partial charge in [-0.15, -0.1) is 0 Å². The number of rotatable bonds is 8. The zero-order valence-corrected chi connectivity index (χ0v) is 18.1. The number of nitrogens with zero attached hydrogens (tertiary/aromatic N) is 1. The van der Waals surface area contributed by atoms with Gasteiger partial charge in [-0.1, -0.05) is 24.0 Å². The highest BCUT2D eigenvalue weighted by molar-refractivity contribution is 5.89. The summed E-state index contributed by atoms with van der Waals surface area (Å²) in [6.45, 7) is 0.0208. The van der Waals surface area contributed by atoms with Crippen LogP contribution in [0.15, 0.2) is 59.7 Å². The van der Waals surface area contributed by atoms with E-state index < -0.39 is 24.0 Å². The van der Waals surface area contributed by atoms with Crippen LogP contribution >= 0.6 is 0 Å². The van der Waals surface area contributed by atoms with Gasteiger partial charge < -0.3 is 20.1 Å². The SMILES string of the molecule is COC(=O)c1ccc(C#Cc2ccc(CC(CNCCF)c3nc[nH]c(=O)c3O)cc2)cc1. The average molecular weight is 449 g/mol. The number of hydrogen-bond acceptors (Lipinski definition) is 6. The summed E-state index contributed by atoms with van der Waals surface area (Å²) >= 11 is 0. The van der Waals surface area contributed by atoms with Gasteiger partial charge in [0.15, 0.2) is 0 Å². The molecule has 1 aromatic heterocycles. The largest absolute Gasteiger partial charge is 0.502 e. The molecule has 0 saturated carbocycles. The molecule has 0 amide bonds. The van der Waals surface area contributed by atoms with E-state index in [1.54, 1.807) is 24.3 Å². The fourth-order valence-electron chi connectivity index (χ4n) is 3.27. The average Bonchev–Trinajstić information content (AvgIpc) is 2.84. The molecule has 0 aliphatic rings. The van der Waals surface area contributed by atoms with Crippen LogP contribution in [0.3, 0.4) is 0 Å². The fraction of sp³-hybridized carbons (Fsp3) is 0.240. The van der Waals surface area contributed by atoms with Gasteiger partial charge in [0.1, 0.15) is 6.67 Å². The minimum absolute atomic E-state index is 0.176. The number of aromatic nitrogens is 2. The van der Waals surface area contributed by atoms with E-state index in [-0.39, 0.29) is 18.2 Å². The van der Waals surface area contributed by atoms with Crippen molar-refractivity contribution < 1.29 is 19.0 Å². The van der Waals surface area contributed by atoms with E-state index in [0.29, 0.717) is 18.5 Å². The number of carbonyl (C=O) groups is 1. The van der Waals surface area contributed by atoms with Gasteiger partial charge in [0.2, 0.25) is 5.75 Å². The lowest BCUT2D eigenvalue weighted by molar-refractivity contribution is 0.0600. The third-order valence-corrected chi connectivity index (χ3v) is 5.00. The van der Waals surface area contributed by atoms with Crippen LogP contribution < -0.4 is 10.9 Å². The Labute approximate surface area is 190 Å². The maximum atomic E-state index is 12.5. The minimum atomic E-state index is -0.610. The highest BCUT2D eigenvalue weighted by Gasteiger charge is 2.19. The van der Waals surface area contributed by atoms with Gasteiger partial charge in [0.05, 0.1) is 24.7 Å².